The zero-order valence-electron chi connectivity index (χ0n) is 9.89. The van der Waals surface area contributed by atoms with E-state index < -0.39 is 5.97 Å². The largest absolute Gasteiger partial charge is 0.465 e. The third kappa shape index (κ3) is 3.29. The summed E-state index contributed by atoms with van der Waals surface area (Å²) in [5, 5.41) is 0. The molecule has 0 aliphatic heterocycles. The number of aromatic nitrogens is 1. The quantitative estimate of drug-likeness (QED) is 0.809. The molecule has 19 heavy (non-hydrogen) atoms. The highest BCUT2D eigenvalue weighted by molar-refractivity contribution is 9.10. The Labute approximate surface area is 117 Å². The van der Waals surface area contributed by atoms with Crippen LogP contribution in [-0.2, 0) is 4.74 Å². The second-order valence-electron chi connectivity index (χ2n) is 3.55. The Balaban J connectivity index is 2.34. The molecule has 0 spiro atoms. The van der Waals surface area contributed by atoms with Crippen LogP contribution >= 0.6 is 15.9 Å². The number of benzene rings is 1. The molecule has 0 amide bonds. The van der Waals surface area contributed by atoms with E-state index in [9.17, 15) is 9.18 Å². The van der Waals surface area contributed by atoms with Crippen molar-refractivity contribution in [3.05, 3.63) is 52.4 Å². The zero-order valence-corrected chi connectivity index (χ0v) is 11.5. The van der Waals surface area contributed by atoms with Crippen LogP contribution in [0.15, 0.2) is 41.0 Å². The number of carbonyl (C=O) groups is 1. The Morgan fingerprint density at radius 2 is 2.00 bits per heavy atom. The smallest absolute Gasteiger partial charge is 0.343 e. The molecule has 0 unspecified atom stereocenters. The van der Waals surface area contributed by atoms with E-state index in [1.54, 1.807) is 0 Å². The van der Waals surface area contributed by atoms with Gasteiger partial charge in [0.1, 0.15) is 17.1 Å². The van der Waals surface area contributed by atoms with Crippen molar-refractivity contribution in [2.75, 3.05) is 7.11 Å². The van der Waals surface area contributed by atoms with E-state index in [1.807, 2.05) is 0 Å². The third-order valence-corrected chi connectivity index (χ3v) is 2.68. The molecule has 4 nitrogen and oxygen atoms in total. The third-order valence-electron chi connectivity index (χ3n) is 2.25. The Hall–Kier alpha value is -1.95. The van der Waals surface area contributed by atoms with Crippen LogP contribution in [0.3, 0.4) is 0 Å². The van der Waals surface area contributed by atoms with Crippen LogP contribution in [0, 0.1) is 5.82 Å². The molecule has 0 saturated heterocycles. The van der Waals surface area contributed by atoms with Gasteiger partial charge in [-0.15, -0.1) is 0 Å². The van der Waals surface area contributed by atoms with E-state index in [4.69, 9.17) is 4.74 Å². The van der Waals surface area contributed by atoms with Gasteiger partial charge < -0.3 is 9.47 Å². The summed E-state index contributed by atoms with van der Waals surface area (Å²) in [6.07, 6.45) is 1.49. The number of ether oxygens (including phenoxy) is 2. The highest BCUT2D eigenvalue weighted by atomic mass is 79.9. The molecule has 2 aromatic rings. The summed E-state index contributed by atoms with van der Waals surface area (Å²) in [6, 6.07) is 6.94. The lowest BCUT2D eigenvalue weighted by atomic mass is 10.2. The van der Waals surface area contributed by atoms with Crippen molar-refractivity contribution in [3.8, 4) is 11.6 Å². The number of methoxy groups -OCH3 is 1. The number of pyridine rings is 1. The fourth-order valence-electron chi connectivity index (χ4n) is 1.38. The van der Waals surface area contributed by atoms with Gasteiger partial charge in [-0.2, -0.15) is 0 Å². The maximum absolute atomic E-state index is 12.8. The van der Waals surface area contributed by atoms with Crippen molar-refractivity contribution in [2.45, 2.75) is 0 Å². The average Bonchev–Trinajstić information content (AvgIpc) is 2.42. The van der Waals surface area contributed by atoms with E-state index in [2.05, 4.69) is 25.7 Å². The first-order valence-electron chi connectivity index (χ1n) is 5.27. The van der Waals surface area contributed by atoms with Gasteiger partial charge in [0, 0.05) is 10.7 Å². The number of carbonyl (C=O) groups excluding carboxylic acids is 1. The molecule has 0 saturated carbocycles. The van der Waals surface area contributed by atoms with Gasteiger partial charge in [0.05, 0.1) is 7.11 Å². The van der Waals surface area contributed by atoms with E-state index in [0.717, 1.165) is 0 Å². The molecule has 0 N–H and O–H groups in total. The highest BCUT2D eigenvalue weighted by Crippen LogP contribution is 2.26. The molecule has 1 heterocycles. The number of esters is 1. The van der Waals surface area contributed by atoms with Crippen molar-refractivity contribution >= 4 is 21.9 Å². The van der Waals surface area contributed by atoms with Gasteiger partial charge in [-0.05, 0) is 46.3 Å². The summed E-state index contributed by atoms with van der Waals surface area (Å²) in [6.45, 7) is 0. The van der Waals surface area contributed by atoms with Crippen LogP contribution in [0.25, 0.3) is 0 Å². The number of halogens is 2. The maximum atomic E-state index is 12.8. The molecular weight excluding hydrogens is 317 g/mol. The Bertz CT molecular complexity index is 601. The van der Waals surface area contributed by atoms with Crippen LogP contribution in [0.1, 0.15) is 10.4 Å². The number of nitrogens with zero attached hydrogens (tertiary/aromatic N) is 1. The van der Waals surface area contributed by atoms with Crippen LogP contribution in [0.2, 0.25) is 0 Å². The zero-order chi connectivity index (χ0) is 13.8. The minimum absolute atomic E-state index is 0.0988. The van der Waals surface area contributed by atoms with E-state index in [-0.39, 0.29) is 17.3 Å². The second-order valence-corrected chi connectivity index (χ2v) is 4.47. The Morgan fingerprint density at radius 3 is 2.63 bits per heavy atom. The standard InChI is InChI=1S/C13H9BrFNO3/c1-18-13(17)11-6-8(14)7-16-12(11)19-10-4-2-9(15)3-5-10/h2-7H,1H3. The lowest BCUT2D eigenvalue weighted by molar-refractivity contribution is 0.0597. The molecule has 0 bridgehead atoms. The minimum atomic E-state index is -0.564. The maximum Gasteiger partial charge on any atom is 0.343 e. The number of rotatable bonds is 3. The molecule has 0 aliphatic rings. The first-order valence-corrected chi connectivity index (χ1v) is 6.06. The molecule has 1 aromatic carbocycles. The summed E-state index contributed by atoms with van der Waals surface area (Å²) in [7, 11) is 1.27. The fourth-order valence-corrected chi connectivity index (χ4v) is 1.71. The number of hydrogen-bond donors (Lipinski definition) is 0. The summed E-state index contributed by atoms with van der Waals surface area (Å²) < 4.78 is 23.5. The van der Waals surface area contributed by atoms with Gasteiger partial charge in [-0.1, -0.05) is 0 Å². The molecule has 2 rings (SSSR count). The normalized spacial score (nSPS) is 10.1. The average molecular weight is 326 g/mol. The van der Waals surface area contributed by atoms with Gasteiger partial charge in [0.15, 0.2) is 0 Å². The van der Waals surface area contributed by atoms with Crippen LogP contribution in [0.5, 0.6) is 11.6 Å². The SMILES string of the molecule is COC(=O)c1cc(Br)cnc1Oc1ccc(F)cc1. The molecule has 0 atom stereocenters. The van der Waals surface area contributed by atoms with E-state index in [0.29, 0.717) is 10.2 Å². The predicted molar refractivity (Wildman–Crippen MR) is 69.8 cm³/mol. The first-order chi connectivity index (χ1) is 9.10. The van der Waals surface area contributed by atoms with Crippen molar-refractivity contribution in [3.63, 3.8) is 0 Å². The van der Waals surface area contributed by atoms with E-state index in [1.165, 1.54) is 43.6 Å². The Morgan fingerprint density at radius 1 is 1.32 bits per heavy atom. The van der Waals surface area contributed by atoms with Crippen molar-refractivity contribution < 1.29 is 18.7 Å². The molecule has 0 radical (unpaired) electrons. The molecule has 98 valence electrons. The van der Waals surface area contributed by atoms with Gasteiger partial charge >= 0.3 is 5.97 Å². The van der Waals surface area contributed by atoms with Crippen molar-refractivity contribution in [2.24, 2.45) is 0 Å². The lowest BCUT2D eigenvalue weighted by Crippen LogP contribution is -2.05. The summed E-state index contributed by atoms with van der Waals surface area (Å²) in [4.78, 5) is 15.6. The molecule has 6 heteroatoms. The highest BCUT2D eigenvalue weighted by Gasteiger charge is 2.16. The van der Waals surface area contributed by atoms with Gasteiger partial charge in [0.25, 0.3) is 0 Å². The van der Waals surface area contributed by atoms with Crippen molar-refractivity contribution in [1.82, 2.24) is 4.98 Å². The monoisotopic (exact) mass is 325 g/mol. The first kappa shape index (κ1) is 13.5. The second kappa shape index (κ2) is 5.79. The molecular formula is C13H9BrFNO3. The van der Waals surface area contributed by atoms with Gasteiger partial charge in [-0.3, -0.25) is 0 Å². The summed E-state index contributed by atoms with van der Waals surface area (Å²) >= 11 is 3.21. The topological polar surface area (TPSA) is 48.4 Å². The van der Waals surface area contributed by atoms with Crippen molar-refractivity contribution in [1.29, 1.82) is 0 Å². The summed E-state index contributed by atoms with van der Waals surface area (Å²) in [5.41, 5.74) is 0.182. The predicted octanol–water partition coefficient (Wildman–Crippen LogP) is 3.56. The minimum Gasteiger partial charge on any atom is -0.465 e. The van der Waals surface area contributed by atoms with E-state index >= 15 is 0 Å². The number of hydrogen-bond acceptors (Lipinski definition) is 4. The molecule has 0 fully saturated rings. The lowest BCUT2D eigenvalue weighted by Gasteiger charge is -2.09. The van der Waals surface area contributed by atoms with Crippen LogP contribution < -0.4 is 4.74 Å². The fraction of sp³-hybridized carbons (Fsp3) is 0.0769. The molecule has 0 aliphatic carbocycles. The van der Waals surface area contributed by atoms with Gasteiger partial charge in [-0.25, -0.2) is 14.2 Å². The van der Waals surface area contributed by atoms with Crippen LogP contribution in [0.4, 0.5) is 4.39 Å². The Kier molecular flexibility index (Phi) is 4.11. The molecule has 1 aromatic heterocycles. The summed E-state index contributed by atoms with van der Waals surface area (Å²) in [5.74, 6) is -0.460. The van der Waals surface area contributed by atoms with Crippen LogP contribution in [-0.4, -0.2) is 18.1 Å². The van der Waals surface area contributed by atoms with Gasteiger partial charge in [0.2, 0.25) is 5.88 Å².